The molecule has 0 heterocycles. The molecule has 5 heteroatoms. The Morgan fingerprint density at radius 3 is 2.43 bits per heavy atom. The standard InChI is InChI=1S/C16H14F2O2S/c1-10-5-3-4-6-15(10)21(20)11(2)16(19)13-8-7-12(17)9-14(13)18/h3-9,11H,1-2H3. The van der Waals surface area contributed by atoms with Gasteiger partial charge in [-0.15, -0.1) is 0 Å². The molecule has 0 bridgehead atoms. The number of carbonyl (C=O) groups excluding carboxylic acids is 1. The Balaban J connectivity index is 2.31. The number of aryl methyl sites for hydroxylation is 1. The van der Waals surface area contributed by atoms with E-state index in [4.69, 9.17) is 0 Å². The number of hydrogen-bond acceptors (Lipinski definition) is 2. The van der Waals surface area contributed by atoms with E-state index in [1.807, 2.05) is 6.07 Å². The van der Waals surface area contributed by atoms with Gasteiger partial charge >= 0.3 is 0 Å². The second kappa shape index (κ2) is 6.26. The lowest BCUT2D eigenvalue weighted by Crippen LogP contribution is -2.24. The van der Waals surface area contributed by atoms with Crippen LogP contribution in [0.5, 0.6) is 0 Å². The van der Waals surface area contributed by atoms with Crippen LogP contribution in [0.3, 0.4) is 0 Å². The van der Waals surface area contributed by atoms with Crippen LogP contribution < -0.4 is 0 Å². The molecule has 0 N–H and O–H groups in total. The van der Waals surface area contributed by atoms with Gasteiger partial charge in [-0.25, -0.2) is 8.78 Å². The molecular weight excluding hydrogens is 294 g/mol. The molecule has 0 saturated heterocycles. The number of hydrogen-bond donors (Lipinski definition) is 0. The Hall–Kier alpha value is -1.88. The van der Waals surface area contributed by atoms with Crippen LogP contribution in [0.25, 0.3) is 0 Å². The topological polar surface area (TPSA) is 34.1 Å². The van der Waals surface area contributed by atoms with Gasteiger partial charge in [0.25, 0.3) is 0 Å². The molecular formula is C16H14F2O2S. The zero-order valence-electron chi connectivity index (χ0n) is 11.6. The molecule has 0 radical (unpaired) electrons. The molecule has 21 heavy (non-hydrogen) atoms. The average molecular weight is 308 g/mol. The van der Waals surface area contributed by atoms with Crippen LogP contribution in [0.4, 0.5) is 8.78 Å². The summed E-state index contributed by atoms with van der Waals surface area (Å²) in [5.41, 5.74) is 0.556. The Bertz CT molecular complexity index is 713. The van der Waals surface area contributed by atoms with Crippen LogP contribution >= 0.6 is 0 Å². The zero-order valence-corrected chi connectivity index (χ0v) is 12.4. The molecule has 0 aromatic heterocycles. The first-order valence-electron chi connectivity index (χ1n) is 6.37. The summed E-state index contributed by atoms with van der Waals surface area (Å²) in [7, 11) is -1.59. The molecule has 0 aliphatic heterocycles. The van der Waals surface area contributed by atoms with Crippen LogP contribution in [0, 0.1) is 18.6 Å². The SMILES string of the molecule is Cc1ccccc1S(=O)C(C)C(=O)c1ccc(F)cc1F. The normalized spacial score (nSPS) is 13.7. The van der Waals surface area contributed by atoms with Crippen molar-refractivity contribution in [1.82, 2.24) is 0 Å². The third kappa shape index (κ3) is 3.24. The van der Waals surface area contributed by atoms with E-state index in [0.29, 0.717) is 11.0 Å². The molecule has 0 aliphatic carbocycles. The Labute approximate surface area is 124 Å². The smallest absolute Gasteiger partial charge is 0.181 e. The van der Waals surface area contributed by atoms with Gasteiger partial charge < -0.3 is 0 Å². The quantitative estimate of drug-likeness (QED) is 0.808. The predicted molar refractivity (Wildman–Crippen MR) is 77.7 cm³/mol. The van der Waals surface area contributed by atoms with Gasteiger partial charge in [-0.3, -0.25) is 9.00 Å². The molecule has 2 aromatic carbocycles. The Morgan fingerprint density at radius 2 is 1.81 bits per heavy atom. The highest BCUT2D eigenvalue weighted by molar-refractivity contribution is 7.86. The van der Waals surface area contributed by atoms with Gasteiger partial charge in [0.15, 0.2) is 5.78 Å². The number of carbonyl (C=O) groups is 1. The van der Waals surface area contributed by atoms with E-state index in [1.54, 1.807) is 25.1 Å². The maximum absolute atomic E-state index is 13.6. The molecule has 2 nitrogen and oxygen atoms in total. The number of rotatable bonds is 4. The first-order valence-corrected chi connectivity index (χ1v) is 7.58. The van der Waals surface area contributed by atoms with E-state index < -0.39 is 33.5 Å². The minimum atomic E-state index is -1.59. The van der Waals surface area contributed by atoms with Gasteiger partial charge in [0.2, 0.25) is 0 Å². The van der Waals surface area contributed by atoms with Crippen molar-refractivity contribution in [2.24, 2.45) is 0 Å². The molecule has 2 aromatic rings. The molecule has 2 atom stereocenters. The van der Waals surface area contributed by atoms with Gasteiger partial charge in [0, 0.05) is 11.0 Å². The lowest BCUT2D eigenvalue weighted by atomic mass is 10.1. The fraction of sp³-hybridized carbons (Fsp3) is 0.188. The van der Waals surface area contributed by atoms with Crippen LogP contribution in [-0.2, 0) is 10.8 Å². The first kappa shape index (κ1) is 15.5. The van der Waals surface area contributed by atoms with E-state index in [9.17, 15) is 17.8 Å². The van der Waals surface area contributed by atoms with Gasteiger partial charge in [0.1, 0.15) is 11.6 Å². The summed E-state index contributed by atoms with van der Waals surface area (Å²) in [5.74, 6) is -2.29. The monoisotopic (exact) mass is 308 g/mol. The van der Waals surface area contributed by atoms with E-state index in [1.165, 1.54) is 6.92 Å². The lowest BCUT2D eigenvalue weighted by Gasteiger charge is -2.13. The number of ketones is 1. The van der Waals surface area contributed by atoms with Crippen molar-refractivity contribution in [2.75, 3.05) is 0 Å². The average Bonchev–Trinajstić information content (AvgIpc) is 2.45. The van der Waals surface area contributed by atoms with E-state index in [0.717, 1.165) is 17.7 Å². The second-order valence-electron chi connectivity index (χ2n) is 4.69. The fourth-order valence-corrected chi connectivity index (χ4v) is 3.28. The van der Waals surface area contributed by atoms with Gasteiger partial charge in [-0.1, -0.05) is 18.2 Å². The summed E-state index contributed by atoms with van der Waals surface area (Å²) in [6, 6.07) is 9.76. The summed E-state index contributed by atoms with van der Waals surface area (Å²) in [5, 5.41) is -0.911. The molecule has 0 saturated carbocycles. The fourth-order valence-electron chi connectivity index (χ4n) is 1.98. The Kier molecular flexibility index (Phi) is 4.63. The molecule has 0 amide bonds. The summed E-state index contributed by atoms with van der Waals surface area (Å²) in [6.07, 6.45) is 0. The van der Waals surface area contributed by atoms with E-state index in [-0.39, 0.29) is 5.56 Å². The van der Waals surface area contributed by atoms with Crippen molar-refractivity contribution in [3.05, 3.63) is 65.2 Å². The van der Waals surface area contributed by atoms with Crippen molar-refractivity contribution in [3.8, 4) is 0 Å². The Morgan fingerprint density at radius 1 is 1.14 bits per heavy atom. The molecule has 0 spiro atoms. The van der Waals surface area contributed by atoms with Crippen LogP contribution in [0.1, 0.15) is 22.8 Å². The summed E-state index contributed by atoms with van der Waals surface area (Å²) in [4.78, 5) is 12.8. The van der Waals surface area contributed by atoms with Crippen LogP contribution in [0.15, 0.2) is 47.4 Å². The largest absolute Gasteiger partial charge is 0.293 e. The maximum atomic E-state index is 13.6. The predicted octanol–water partition coefficient (Wildman–Crippen LogP) is 3.65. The summed E-state index contributed by atoms with van der Waals surface area (Å²) < 4.78 is 39.0. The molecule has 2 unspecified atom stereocenters. The number of Topliss-reactive ketones (excluding diaryl/α,β-unsaturated/α-hetero) is 1. The van der Waals surface area contributed by atoms with Crippen molar-refractivity contribution in [2.45, 2.75) is 24.0 Å². The number of halogens is 2. The van der Waals surface area contributed by atoms with E-state index in [2.05, 4.69) is 0 Å². The van der Waals surface area contributed by atoms with Crippen molar-refractivity contribution >= 4 is 16.6 Å². The summed E-state index contributed by atoms with van der Waals surface area (Å²) in [6.45, 7) is 3.27. The van der Waals surface area contributed by atoms with Crippen LogP contribution in [0.2, 0.25) is 0 Å². The molecule has 0 aliphatic rings. The highest BCUT2D eigenvalue weighted by Gasteiger charge is 2.25. The molecule has 110 valence electrons. The van der Waals surface area contributed by atoms with Crippen molar-refractivity contribution < 1.29 is 17.8 Å². The summed E-state index contributed by atoms with van der Waals surface area (Å²) >= 11 is 0. The van der Waals surface area contributed by atoms with Gasteiger partial charge in [0.05, 0.1) is 21.6 Å². The third-order valence-corrected chi connectivity index (χ3v) is 4.95. The van der Waals surface area contributed by atoms with Gasteiger partial charge in [-0.2, -0.15) is 0 Å². The highest BCUT2D eigenvalue weighted by Crippen LogP contribution is 2.20. The number of benzene rings is 2. The molecule has 0 fully saturated rings. The van der Waals surface area contributed by atoms with E-state index >= 15 is 0 Å². The lowest BCUT2D eigenvalue weighted by molar-refractivity contribution is 0.0988. The highest BCUT2D eigenvalue weighted by atomic mass is 32.2. The van der Waals surface area contributed by atoms with Crippen molar-refractivity contribution in [3.63, 3.8) is 0 Å². The van der Waals surface area contributed by atoms with Gasteiger partial charge in [-0.05, 0) is 37.6 Å². The van der Waals surface area contributed by atoms with Crippen molar-refractivity contribution in [1.29, 1.82) is 0 Å². The molecule has 2 rings (SSSR count). The minimum Gasteiger partial charge on any atom is -0.293 e. The second-order valence-corrected chi connectivity index (χ2v) is 6.44. The first-order chi connectivity index (χ1) is 9.91. The minimum absolute atomic E-state index is 0.245. The van der Waals surface area contributed by atoms with Crippen LogP contribution in [-0.4, -0.2) is 15.2 Å². The zero-order chi connectivity index (χ0) is 15.6. The third-order valence-electron chi connectivity index (χ3n) is 3.20. The maximum Gasteiger partial charge on any atom is 0.181 e.